The zero-order valence-corrected chi connectivity index (χ0v) is 13.3. The minimum Gasteiger partial charge on any atom is -0.493 e. The van der Waals surface area contributed by atoms with Crippen molar-refractivity contribution >= 4 is 23.4 Å². The number of hydrogen-bond acceptors (Lipinski definition) is 4. The summed E-state index contributed by atoms with van der Waals surface area (Å²) in [6.07, 6.45) is 0. The van der Waals surface area contributed by atoms with E-state index in [4.69, 9.17) is 9.47 Å². The molecule has 7 heteroatoms. The van der Waals surface area contributed by atoms with Crippen molar-refractivity contribution < 1.29 is 23.0 Å². The van der Waals surface area contributed by atoms with E-state index in [0.29, 0.717) is 39.4 Å². The molecular formula is C16H15F2NO3S. The second kappa shape index (κ2) is 7.82. The smallest absolute Gasteiger partial charge is 0.288 e. The van der Waals surface area contributed by atoms with Crippen molar-refractivity contribution in [1.29, 1.82) is 0 Å². The summed E-state index contributed by atoms with van der Waals surface area (Å²) in [7, 11) is 3.03. The fourth-order valence-corrected chi connectivity index (χ4v) is 2.40. The Kier molecular flexibility index (Phi) is 5.81. The third kappa shape index (κ3) is 4.59. The highest BCUT2D eigenvalue weighted by Gasteiger charge is 2.10. The minimum absolute atomic E-state index is 0.342. The van der Waals surface area contributed by atoms with Gasteiger partial charge in [0.15, 0.2) is 11.5 Å². The lowest BCUT2D eigenvalue weighted by atomic mass is 10.2. The number of anilines is 1. The summed E-state index contributed by atoms with van der Waals surface area (Å²) in [5, 5.41) is 2.72. The average molecular weight is 339 g/mol. The van der Waals surface area contributed by atoms with Crippen LogP contribution in [0.3, 0.4) is 0 Å². The number of carbonyl (C=O) groups is 1. The quantitative estimate of drug-likeness (QED) is 0.799. The van der Waals surface area contributed by atoms with E-state index in [0.717, 1.165) is 0 Å². The van der Waals surface area contributed by atoms with Crippen molar-refractivity contribution in [2.75, 3.05) is 19.5 Å². The van der Waals surface area contributed by atoms with Gasteiger partial charge in [0.2, 0.25) is 0 Å². The van der Waals surface area contributed by atoms with Gasteiger partial charge in [-0.3, -0.25) is 4.79 Å². The van der Waals surface area contributed by atoms with Crippen molar-refractivity contribution in [3.63, 3.8) is 0 Å². The third-order valence-corrected chi connectivity index (χ3v) is 3.71. The molecule has 2 rings (SSSR count). The Labute approximate surface area is 136 Å². The average Bonchev–Trinajstić information content (AvgIpc) is 2.54. The summed E-state index contributed by atoms with van der Waals surface area (Å²) >= 11 is 0.436. The number of thioether (sulfide) groups is 1. The molecule has 23 heavy (non-hydrogen) atoms. The first kappa shape index (κ1) is 17.1. The Morgan fingerprint density at radius 2 is 1.70 bits per heavy atom. The number of nitrogens with one attached hydrogen (secondary N) is 1. The van der Waals surface area contributed by atoms with Crippen LogP contribution in [-0.4, -0.2) is 25.9 Å². The number of amides is 1. The second-order valence-corrected chi connectivity index (χ2v) is 5.49. The number of carbonyl (C=O) groups excluding carboxylic acids is 1. The van der Waals surface area contributed by atoms with Crippen LogP contribution in [0.25, 0.3) is 0 Å². The third-order valence-electron chi connectivity index (χ3n) is 2.98. The molecule has 1 amide bonds. The molecule has 0 fully saturated rings. The van der Waals surface area contributed by atoms with Crippen molar-refractivity contribution in [3.8, 4) is 11.5 Å². The van der Waals surface area contributed by atoms with Crippen molar-refractivity contribution in [2.45, 2.75) is 10.7 Å². The number of benzene rings is 2. The molecule has 0 saturated carbocycles. The number of halogens is 2. The maximum Gasteiger partial charge on any atom is 0.288 e. The van der Waals surface area contributed by atoms with E-state index in [1.807, 2.05) is 0 Å². The molecule has 0 unspecified atom stereocenters. The summed E-state index contributed by atoms with van der Waals surface area (Å²) < 4.78 is 34.8. The predicted molar refractivity (Wildman–Crippen MR) is 85.8 cm³/mol. The van der Waals surface area contributed by atoms with Crippen molar-refractivity contribution in [3.05, 3.63) is 48.0 Å². The highest BCUT2D eigenvalue weighted by atomic mass is 32.2. The fourth-order valence-electron chi connectivity index (χ4n) is 1.90. The van der Waals surface area contributed by atoms with Crippen molar-refractivity contribution in [2.24, 2.45) is 0 Å². The van der Waals surface area contributed by atoms with Gasteiger partial charge in [0, 0.05) is 22.2 Å². The first-order valence-corrected chi connectivity index (χ1v) is 7.49. The molecule has 0 aliphatic heterocycles. The lowest BCUT2D eigenvalue weighted by Gasteiger charge is -2.10. The van der Waals surface area contributed by atoms with Gasteiger partial charge in [-0.25, -0.2) is 0 Å². The number of methoxy groups -OCH3 is 2. The summed E-state index contributed by atoms with van der Waals surface area (Å²) in [6, 6.07) is 11.0. The first-order valence-electron chi connectivity index (χ1n) is 6.61. The molecule has 0 bridgehead atoms. The molecule has 0 aromatic heterocycles. The molecule has 122 valence electrons. The molecule has 0 radical (unpaired) electrons. The zero-order valence-electron chi connectivity index (χ0n) is 12.5. The van der Waals surface area contributed by atoms with E-state index in [1.54, 1.807) is 18.2 Å². The lowest BCUT2D eigenvalue weighted by molar-refractivity contribution is 0.102. The predicted octanol–water partition coefficient (Wildman–Crippen LogP) is 4.27. The second-order valence-electron chi connectivity index (χ2n) is 4.43. The van der Waals surface area contributed by atoms with Gasteiger partial charge in [-0.1, -0.05) is 11.8 Å². The number of ether oxygens (including phenoxy) is 2. The highest BCUT2D eigenvalue weighted by Crippen LogP contribution is 2.30. The van der Waals surface area contributed by atoms with Crippen LogP contribution in [0.15, 0.2) is 47.4 Å². The van der Waals surface area contributed by atoms with Crippen LogP contribution in [0, 0.1) is 0 Å². The van der Waals surface area contributed by atoms with Gasteiger partial charge >= 0.3 is 0 Å². The van der Waals surface area contributed by atoms with E-state index < -0.39 is 5.76 Å². The topological polar surface area (TPSA) is 47.6 Å². The lowest BCUT2D eigenvalue weighted by Crippen LogP contribution is -2.11. The van der Waals surface area contributed by atoms with E-state index >= 15 is 0 Å². The van der Waals surface area contributed by atoms with Gasteiger partial charge in [0.25, 0.3) is 11.7 Å². The SMILES string of the molecule is COc1ccc(NC(=O)c2ccc(SC(F)F)cc2)cc1OC. The maximum atomic E-state index is 12.3. The van der Waals surface area contributed by atoms with E-state index in [9.17, 15) is 13.6 Å². The number of rotatable bonds is 6. The molecule has 2 aromatic rings. The molecule has 0 atom stereocenters. The molecular weight excluding hydrogens is 324 g/mol. The molecule has 4 nitrogen and oxygen atoms in total. The van der Waals surface area contributed by atoms with E-state index in [-0.39, 0.29) is 5.91 Å². The summed E-state index contributed by atoms with van der Waals surface area (Å²) in [5.74, 6) is -1.78. The monoisotopic (exact) mass is 339 g/mol. The number of alkyl halides is 2. The van der Waals surface area contributed by atoms with Crippen LogP contribution in [0.5, 0.6) is 11.5 Å². The molecule has 0 spiro atoms. The largest absolute Gasteiger partial charge is 0.493 e. The summed E-state index contributed by atoms with van der Waals surface area (Å²) in [4.78, 5) is 12.6. The molecule has 0 saturated heterocycles. The van der Waals surface area contributed by atoms with Crippen LogP contribution in [0.4, 0.5) is 14.5 Å². The van der Waals surface area contributed by atoms with Crippen LogP contribution in [-0.2, 0) is 0 Å². The van der Waals surface area contributed by atoms with Crippen LogP contribution in [0.2, 0.25) is 0 Å². The highest BCUT2D eigenvalue weighted by molar-refractivity contribution is 7.99. The van der Waals surface area contributed by atoms with E-state index in [1.165, 1.54) is 38.5 Å². The van der Waals surface area contributed by atoms with Gasteiger partial charge in [0.05, 0.1) is 14.2 Å². The van der Waals surface area contributed by atoms with E-state index in [2.05, 4.69) is 5.32 Å². The normalized spacial score (nSPS) is 10.5. The van der Waals surface area contributed by atoms with Gasteiger partial charge < -0.3 is 14.8 Å². The Morgan fingerprint density at radius 3 is 2.26 bits per heavy atom. The van der Waals surface area contributed by atoms with Crippen LogP contribution in [0.1, 0.15) is 10.4 Å². The summed E-state index contributed by atoms with van der Waals surface area (Å²) in [5.41, 5.74) is 0.914. The zero-order chi connectivity index (χ0) is 16.8. The van der Waals surface area contributed by atoms with Gasteiger partial charge in [0.1, 0.15) is 0 Å². The summed E-state index contributed by atoms with van der Waals surface area (Å²) in [6.45, 7) is 0. The molecule has 1 N–H and O–H groups in total. The Bertz CT molecular complexity index is 678. The Hall–Kier alpha value is -2.28. The molecule has 0 aliphatic carbocycles. The molecule has 2 aromatic carbocycles. The van der Waals surface area contributed by atoms with Gasteiger partial charge in [-0.05, 0) is 36.4 Å². The molecule has 0 heterocycles. The fraction of sp³-hybridized carbons (Fsp3) is 0.188. The maximum absolute atomic E-state index is 12.3. The van der Waals surface area contributed by atoms with Crippen LogP contribution >= 0.6 is 11.8 Å². The van der Waals surface area contributed by atoms with Gasteiger partial charge in [-0.2, -0.15) is 8.78 Å². The first-order chi connectivity index (χ1) is 11.0. The van der Waals surface area contributed by atoms with Crippen LogP contribution < -0.4 is 14.8 Å². The van der Waals surface area contributed by atoms with Crippen molar-refractivity contribution in [1.82, 2.24) is 0 Å². The Morgan fingerprint density at radius 1 is 1.04 bits per heavy atom. The Balaban J connectivity index is 2.09. The molecule has 0 aliphatic rings. The standard InChI is InChI=1S/C16H15F2NO3S/c1-21-13-8-5-11(9-14(13)22-2)19-15(20)10-3-6-12(7-4-10)23-16(17)18/h3-9,16H,1-2H3,(H,19,20). The van der Waals surface area contributed by atoms with Gasteiger partial charge in [-0.15, -0.1) is 0 Å². The minimum atomic E-state index is -2.48. The number of hydrogen-bond donors (Lipinski definition) is 1.